The summed E-state index contributed by atoms with van der Waals surface area (Å²) in [6.07, 6.45) is 5.82. The standard InChI is InChI=1S/C19H30O5/c1-13(20)23-11-7-15-17(2)8-5-9-18(3,16(21)22-4)14(17)6-10-19(15)12-24-19/h14-15H,5-12H2,1-4H3/t14?,15-,17+,18+,19+/m1/s1. The number of rotatable bonds is 4. The van der Waals surface area contributed by atoms with E-state index in [1.165, 1.54) is 14.0 Å². The predicted molar refractivity (Wildman–Crippen MR) is 88.2 cm³/mol. The summed E-state index contributed by atoms with van der Waals surface area (Å²) in [5.41, 5.74) is -0.451. The van der Waals surface area contributed by atoms with Crippen LogP contribution in [0.15, 0.2) is 0 Å². The fourth-order valence-electron chi connectivity index (χ4n) is 5.97. The van der Waals surface area contributed by atoms with Crippen LogP contribution in [0.2, 0.25) is 0 Å². The van der Waals surface area contributed by atoms with Crippen LogP contribution in [0.3, 0.4) is 0 Å². The molecule has 0 radical (unpaired) electrons. The smallest absolute Gasteiger partial charge is 0.311 e. The predicted octanol–water partition coefficient (Wildman–Crippen LogP) is 3.10. The van der Waals surface area contributed by atoms with E-state index in [1.807, 2.05) is 0 Å². The van der Waals surface area contributed by atoms with Gasteiger partial charge in [-0.1, -0.05) is 13.3 Å². The van der Waals surface area contributed by atoms with E-state index >= 15 is 0 Å². The number of epoxide rings is 1. The largest absolute Gasteiger partial charge is 0.469 e. The second-order valence-corrected chi connectivity index (χ2v) is 8.39. The van der Waals surface area contributed by atoms with Crippen molar-refractivity contribution in [1.82, 2.24) is 0 Å². The van der Waals surface area contributed by atoms with Gasteiger partial charge < -0.3 is 14.2 Å². The fourth-order valence-corrected chi connectivity index (χ4v) is 5.97. The molecule has 0 bridgehead atoms. The van der Waals surface area contributed by atoms with Crippen molar-refractivity contribution in [3.8, 4) is 0 Å². The first kappa shape index (κ1) is 17.7. The molecule has 3 aliphatic rings. The zero-order chi connectivity index (χ0) is 17.6. The Morgan fingerprint density at radius 3 is 2.50 bits per heavy atom. The molecule has 3 rings (SSSR count). The second-order valence-electron chi connectivity index (χ2n) is 8.39. The maximum atomic E-state index is 12.5. The van der Waals surface area contributed by atoms with Gasteiger partial charge >= 0.3 is 11.9 Å². The van der Waals surface area contributed by atoms with Crippen LogP contribution in [0.5, 0.6) is 0 Å². The summed E-state index contributed by atoms with van der Waals surface area (Å²) in [6, 6.07) is 0. The number of hydrogen-bond acceptors (Lipinski definition) is 5. The van der Waals surface area contributed by atoms with Gasteiger partial charge in [-0.05, 0) is 56.3 Å². The summed E-state index contributed by atoms with van der Waals surface area (Å²) in [4.78, 5) is 23.7. The van der Waals surface area contributed by atoms with Crippen molar-refractivity contribution in [2.24, 2.45) is 22.7 Å². The molecule has 1 heterocycles. The van der Waals surface area contributed by atoms with Crippen molar-refractivity contribution >= 4 is 11.9 Å². The highest BCUT2D eigenvalue weighted by Crippen LogP contribution is 2.66. The van der Waals surface area contributed by atoms with Crippen LogP contribution in [-0.4, -0.2) is 37.9 Å². The zero-order valence-corrected chi connectivity index (χ0v) is 15.4. The van der Waals surface area contributed by atoms with Gasteiger partial charge in [0, 0.05) is 6.92 Å². The lowest BCUT2D eigenvalue weighted by Crippen LogP contribution is -2.57. The Balaban J connectivity index is 1.87. The third-order valence-corrected chi connectivity index (χ3v) is 7.14. The number of ether oxygens (including phenoxy) is 3. The van der Waals surface area contributed by atoms with Gasteiger partial charge in [-0.15, -0.1) is 0 Å². The SMILES string of the molecule is COC(=O)[C@@]1(C)CCC[C@@]2(C)C1CC[C@]1(CO1)[C@@H]2CCOC(C)=O. The average Bonchev–Trinajstić information content (AvgIpc) is 3.29. The van der Waals surface area contributed by atoms with E-state index in [4.69, 9.17) is 14.2 Å². The summed E-state index contributed by atoms with van der Waals surface area (Å²) in [7, 11) is 1.49. The maximum Gasteiger partial charge on any atom is 0.311 e. The molecule has 0 aromatic carbocycles. The molecule has 1 saturated heterocycles. The molecule has 3 fully saturated rings. The lowest BCUT2D eigenvalue weighted by molar-refractivity contribution is -0.175. The second kappa shape index (κ2) is 6.01. The molecule has 2 saturated carbocycles. The van der Waals surface area contributed by atoms with Crippen LogP contribution in [-0.2, 0) is 23.8 Å². The number of esters is 2. The number of carbonyl (C=O) groups is 2. The molecule has 0 N–H and O–H groups in total. The minimum Gasteiger partial charge on any atom is -0.469 e. The van der Waals surface area contributed by atoms with Crippen LogP contribution >= 0.6 is 0 Å². The quantitative estimate of drug-likeness (QED) is 0.582. The van der Waals surface area contributed by atoms with Crippen LogP contribution < -0.4 is 0 Å². The zero-order valence-electron chi connectivity index (χ0n) is 15.4. The third kappa shape index (κ3) is 2.65. The van der Waals surface area contributed by atoms with Crippen molar-refractivity contribution < 1.29 is 23.8 Å². The third-order valence-electron chi connectivity index (χ3n) is 7.14. The Labute approximate surface area is 144 Å². The van der Waals surface area contributed by atoms with E-state index in [2.05, 4.69) is 13.8 Å². The Morgan fingerprint density at radius 1 is 1.21 bits per heavy atom. The van der Waals surface area contributed by atoms with Gasteiger partial charge in [-0.3, -0.25) is 9.59 Å². The molecule has 1 aliphatic heterocycles. The molecule has 0 amide bonds. The summed E-state index contributed by atoms with van der Waals surface area (Å²) in [5.74, 6) is 0.307. The summed E-state index contributed by atoms with van der Waals surface area (Å²) < 4.78 is 16.3. The number of carbonyl (C=O) groups excluding carboxylic acids is 2. The number of fused-ring (bicyclic) bond motifs is 1. The van der Waals surface area contributed by atoms with E-state index in [-0.39, 0.29) is 23.0 Å². The number of methoxy groups -OCH3 is 1. The Kier molecular flexibility index (Phi) is 4.44. The van der Waals surface area contributed by atoms with E-state index < -0.39 is 5.41 Å². The highest BCUT2D eigenvalue weighted by atomic mass is 16.6. The molecule has 5 heteroatoms. The molecule has 24 heavy (non-hydrogen) atoms. The first-order valence-electron chi connectivity index (χ1n) is 9.14. The molecule has 1 spiro atoms. The molecule has 0 aromatic heterocycles. The molecular weight excluding hydrogens is 308 g/mol. The minimum absolute atomic E-state index is 0.0239. The van der Waals surface area contributed by atoms with Crippen LogP contribution in [0, 0.1) is 22.7 Å². The van der Waals surface area contributed by atoms with Gasteiger partial charge in [0.15, 0.2) is 0 Å². The average molecular weight is 338 g/mol. The van der Waals surface area contributed by atoms with Gasteiger partial charge in [0.1, 0.15) is 0 Å². The molecule has 2 aliphatic carbocycles. The van der Waals surface area contributed by atoms with Crippen molar-refractivity contribution in [3.05, 3.63) is 0 Å². The molecule has 136 valence electrons. The monoisotopic (exact) mass is 338 g/mol. The van der Waals surface area contributed by atoms with Crippen LogP contribution in [0.1, 0.15) is 59.3 Å². The molecule has 5 nitrogen and oxygen atoms in total. The first-order chi connectivity index (χ1) is 11.3. The molecule has 0 aromatic rings. The van der Waals surface area contributed by atoms with Crippen molar-refractivity contribution in [2.45, 2.75) is 64.9 Å². The Bertz CT molecular complexity index is 526. The van der Waals surface area contributed by atoms with Gasteiger partial charge in [0.05, 0.1) is 31.3 Å². The Morgan fingerprint density at radius 2 is 1.92 bits per heavy atom. The molecule has 5 atom stereocenters. The van der Waals surface area contributed by atoms with Crippen molar-refractivity contribution in [2.75, 3.05) is 20.3 Å². The van der Waals surface area contributed by atoms with E-state index in [0.29, 0.717) is 18.4 Å². The highest BCUT2D eigenvalue weighted by Gasteiger charge is 2.66. The minimum atomic E-state index is -0.419. The lowest BCUT2D eigenvalue weighted by Gasteiger charge is -2.58. The van der Waals surface area contributed by atoms with Gasteiger partial charge in [0.2, 0.25) is 0 Å². The summed E-state index contributed by atoms with van der Waals surface area (Å²) in [6.45, 7) is 7.08. The summed E-state index contributed by atoms with van der Waals surface area (Å²) in [5, 5.41) is 0. The van der Waals surface area contributed by atoms with Crippen molar-refractivity contribution in [1.29, 1.82) is 0 Å². The van der Waals surface area contributed by atoms with E-state index in [9.17, 15) is 9.59 Å². The van der Waals surface area contributed by atoms with Crippen LogP contribution in [0.4, 0.5) is 0 Å². The maximum absolute atomic E-state index is 12.5. The van der Waals surface area contributed by atoms with Gasteiger partial charge in [-0.25, -0.2) is 0 Å². The molecule has 1 unspecified atom stereocenters. The van der Waals surface area contributed by atoms with Gasteiger partial charge in [0.25, 0.3) is 0 Å². The lowest BCUT2D eigenvalue weighted by atomic mass is 9.45. The molecular formula is C19H30O5. The number of hydrogen-bond donors (Lipinski definition) is 0. The normalized spacial score (nSPS) is 43.8. The Hall–Kier alpha value is -1.10. The van der Waals surface area contributed by atoms with E-state index in [1.54, 1.807) is 0 Å². The highest BCUT2D eigenvalue weighted by molar-refractivity contribution is 5.77. The summed E-state index contributed by atoms with van der Waals surface area (Å²) >= 11 is 0. The van der Waals surface area contributed by atoms with Gasteiger partial charge in [-0.2, -0.15) is 0 Å². The fraction of sp³-hybridized carbons (Fsp3) is 0.895. The van der Waals surface area contributed by atoms with Crippen LogP contribution in [0.25, 0.3) is 0 Å². The van der Waals surface area contributed by atoms with Crippen molar-refractivity contribution in [3.63, 3.8) is 0 Å². The van der Waals surface area contributed by atoms with E-state index in [0.717, 1.165) is 45.1 Å². The first-order valence-corrected chi connectivity index (χ1v) is 9.14. The topological polar surface area (TPSA) is 65.1 Å².